The van der Waals surface area contributed by atoms with Gasteiger partial charge in [0.05, 0.1) is 5.41 Å². The highest BCUT2D eigenvalue weighted by Gasteiger charge is 2.45. The highest BCUT2D eigenvalue weighted by molar-refractivity contribution is 5.83. The van der Waals surface area contributed by atoms with Crippen LogP contribution in [0.1, 0.15) is 55.2 Å². The molecule has 2 aliphatic carbocycles. The van der Waals surface area contributed by atoms with Crippen molar-refractivity contribution in [3.63, 3.8) is 0 Å². The lowest BCUT2D eigenvalue weighted by atomic mass is 9.76. The maximum atomic E-state index is 11.7. The molecule has 0 saturated heterocycles. The van der Waals surface area contributed by atoms with E-state index >= 15 is 0 Å². The monoisotopic (exact) mass is 260 g/mol. The Morgan fingerprint density at radius 1 is 1.05 bits per heavy atom. The van der Waals surface area contributed by atoms with Crippen LogP contribution in [-0.2, 0) is 23.1 Å². The maximum Gasteiger partial charge on any atom is 0.314 e. The number of aryl methyl sites for hydroxylation is 1. The Labute approximate surface area is 113 Å². The molecule has 1 aromatic rings. The predicted octanol–water partition coefficient (Wildman–Crippen LogP) is 3.17. The molecule has 1 saturated carbocycles. The summed E-state index contributed by atoms with van der Waals surface area (Å²) in [6.07, 6.45) is 7.29. The van der Waals surface area contributed by atoms with Gasteiger partial charge in [0.2, 0.25) is 0 Å². The van der Waals surface area contributed by atoms with Gasteiger partial charge in [-0.25, -0.2) is 0 Å². The van der Waals surface area contributed by atoms with Crippen LogP contribution in [0.5, 0.6) is 5.75 Å². The lowest BCUT2D eigenvalue weighted by Gasteiger charge is -2.28. The Morgan fingerprint density at radius 2 is 1.74 bits per heavy atom. The SMILES string of the molecule is O=C(O)C1(c2ccc3c(c2O)CCCC3)CCCC1. The third-order valence-corrected chi connectivity index (χ3v) is 4.88. The van der Waals surface area contributed by atoms with Gasteiger partial charge in [0.25, 0.3) is 0 Å². The van der Waals surface area contributed by atoms with Crippen molar-refractivity contribution in [2.24, 2.45) is 0 Å². The molecule has 2 aliphatic rings. The van der Waals surface area contributed by atoms with Crippen LogP contribution >= 0.6 is 0 Å². The van der Waals surface area contributed by atoms with Gasteiger partial charge < -0.3 is 10.2 Å². The van der Waals surface area contributed by atoms with Crippen LogP contribution < -0.4 is 0 Å². The van der Waals surface area contributed by atoms with E-state index in [0.29, 0.717) is 18.4 Å². The number of aliphatic carboxylic acids is 1. The molecule has 0 spiro atoms. The van der Waals surface area contributed by atoms with Crippen molar-refractivity contribution in [1.82, 2.24) is 0 Å². The van der Waals surface area contributed by atoms with Crippen molar-refractivity contribution in [3.8, 4) is 5.75 Å². The first kappa shape index (κ1) is 12.5. The number of hydrogen-bond donors (Lipinski definition) is 2. The Hall–Kier alpha value is -1.51. The van der Waals surface area contributed by atoms with E-state index in [2.05, 4.69) is 0 Å². The Kier molecular flexibility index (Phi) is 3.00. The average molecular weight is 260 g/mol. The topological polar surface area (TPSA) is 57.5 Å². The summed E-state index contributed by atoms with van der Waals surface area (Å²) < 4.78 is 0. The lowest BCUT2D eigenvalue weighted by Crippen LogP contribution is -2.33. The molecule has 0 aromatic heterocycles. The molecule has 0 radical (unpaired) electrons. The van der Waals surface area contributed by atoms with Crippen molar-refractivity contribution in [1.29, 1.82) is 0 Å². The molecule has 0 aliphatic heterocycles. The standard InChI is InChI=1S/C16H20O3/c17-14-12-6-2-1-5-11(12)7-8-13(14)16(15(18)19)9-3-4-10-16/h7-8,17H,1-6,9-10H2,(H,18,19). The number of hydrogen-bond acceptors (Lipinski definition) is 2. The number of carboxylic acids is 1. The second kappa shape index (κ2) is 4.55. The number of carbonyl (C=O) groups is 1. The molecular formula is C16H20O3. The fraction of sp³-hybridized carbons (Fsp3) is 0.562. The van der Waals surface area contributed by atoms with Crippen LogP contribution in [0.15, 0.2) is 12.1 Å². The van der Waals surface area contributed by atoms with E-state index in [1.807, 2.05) is 12.1 Å². The Balaban J connectivity index is 2.12. The van der Waals surface area contributed by atoms with Crippen LogP contribution in [0.2, 0.25) is 0 Å². The van der Waals surface area contributed by atoms with Crippen molar-refractivity contribution < 1.29 is 15.0 Å². The van der Waals surface area contributed by atoms with Crippen molar-refractivity contribution in [2.75, 3.05) is 0 Å². The molecule has 0 amide bonds. The molecule has 0 heterocycles. The van der Waals surface area contributed by atoms with E-state index in [1.54, 1.807) is 0 Å². The van der Waals surface area contributed by atoms with Gasteiger partial charge in [0.15, 0.2) is 0 Å². The minimum atomic E-state index is -0.851. The fourth-order valence-corrected chi connectivity index (χ4v) is 3.77. The van der Waals surface area contributed by atoms with E-state index in [4.69, 9.17) is 0 Å². The summed E-state index contributed by atoms with van der Waals surface area (Å²) in [7, 11) is 0. The van der Waals surface area contributed by atoms with Crippen LogP contribution in [-0.4, -0.2) is 16.2 Å². The summed E-state index contributed by atoms with van der Waals surface area (Å²) >= 11 is 0. The fourth-order valence-electron chi connectivity index (χ4n) is 3.77. The summed E-state index contributed by atoms with van der Waals surface area (Å²) in [4.78, 5) is 11.7. The van der Waals surface area contributed by atoms with Crippen molar-refractivity contribution in [2.45, 2.75) is 56.8 Å². The number of phenols is 1. The quantitative estimate of drug-likeness (QED) is 0.858. The first-order valence-electron chi connectivity index (χ1n) is 7.23. The molecule has 2 N–H and O–H groups in total. The molecule has 102 valence electrons. The summed E-state index contributed by atoms with van der Waals surface area (Å²) in [5.41, 5.74) is 2.00. The lowest BCUT2D eigenvalue weighted by molar-refractivity contribution is -0.143. The molecule has 19 heavy (non-hydrogen) atoms. The van der Waals surface area contributed by atoms with Gasteiger partial charge in [0.1, 0.15) is 5.75 Å². The van der Waals surface area contributed by atoms with E-state index in [9.17, 15) is 15.0 Å². The smallest absolute Gasteiger partial charge is 0.314 e. The molecule has 3 heteroatoms. The van der Waals surface area contributed by atoms with Gasteiger partial charge >= 0.3 is 5.97 Å². The number of fused-ring (bicyclic) bond motifs is 1. The van der Waals surface area contributed by atoms with Crippen molar-refractivity contribution in [3.05, 3.63) is 28.8 Å². The van der Waals surface area contributed by atoms with Gasteiger partial charge in [-0.1, -0.05) is 25.0 Å². The third-order valence-electron chi connectivity index (χ3n) is 4.88. The Bertz CT molecular complexity index is 513. The Morgan fingerprint density at radius 3 is 2.42 bits per heavy atom. The average Bonchev–Trinajstić information content (AvgIpc) is 2.90. The van der Waals surface area contributed by atoms with Crippen LogP contribution in [0.25, 0.3) is 0 Å². The number of benzene rings is 1. The van der Waals surface area contributed by atoms with Gasteiger partial charge in [0, 0.05) is 5.56 Å². The molecule has 0 atom stereocenters. The maximum absolute atomic E-state index is 11.7. The molecular weight excluding hydrogens is 240 g/mol. The van der Waals surface area contributed by atoms with E-state index < -0.39 is 11.4 Å². The van der Waals surface area contributed by atoms with Crippen LogP contribution in [0.3, 0.4) is 0 Å². The summed E-state index contributed by atoms with van der Waals surface area (Å²) in [6, 6.07) is 3.89. The normalized spacial score (nSPS) is 21.1. The molecule has 1 aromatic carbocycles. The van der Waals surface area contributed by atoms with Crippen molar-refractivity contribution >= 4 is 5.97 Å². The zero-order valence-corrected chi connectivity index (χ0v) is 11.1. The second-order valence-corrected chi connectivity index (χ2v) is 5.90. The van der Waals surface area contributed by atoms with Gasteiger partial charge in [-0.15, -0.1) is 0 Å². The highest BCUT2D eigenvalue weighted by atomic mass is 16.4. The van der Waals surface area contributed by atoms with E-state index in [1.165, 1.54) is 5.56 Å². The largest absolute Gasteiger partial charge is 0.507 e. The van der Waals surface area contributed by atoms with Gasteiger partial charge in [-0.2, -0.15) is 0 Å². The third kappa shape index (κ3) is 1.83. The second-order valence-electron chi connectivity index (χ2n) is 5.90. The summed E-state index contributed by atoms with van der Waals surface area (Å²) in [6.45, 7) is 0. The summed E-state index contributed by atoms with van der Waals surface area (Å²) in [5.74, 6) is -0.516. The molecule has 3 rings (SSSR count). The zero-order chi connectivity index (χ0) is 13.5. The predicted molar refractivity (Wildman–Crippen MR) is 72.5 cm³/mol. The summed E-state index contributed by atoms with van der Waals surface area (Å²) in [5, 5.41) is 20.2. The molecule has 0 unspecified atom stereocenters. The first-order valence-corrected chi connectivity index (χ1v) is 7.23. The number of phenolic OH excluding ortho intramolecular Hbond substituents is 1. The van der Waals surface area contributed by atoms with Crippen LogP contribution in [0, 0.1) is 0 Å². The minimum Gasteiger partial charge on any atom is -0.507 e. The zero-order valence-electron chi connectivity index (χ0n) is 11.1. The number of carboxylic acid groups (broad SMARTS) is 1. The highest BCUT2D eigenvalue weighted by Crippen LogP contribution is 2.47. The van der Waals surface area contributed by atoms with Gasteiger partial charge in [-0.3, -0.25) is 4.79 Å². The molecule has 0 bridgehead atoms. The first-order chi connectivity index (χ1) is 9.15. The minimum absolute atomic E-state index is 0.265. The number of rotatable bonds is 2. The van der Waals surface area contributed by atoms with E-state index in [-0.39, 0.29) is 5.75 Å². The molecule has 3 nitrogen and oxygen atoms in total. The van der Waals surface area contributed by atoms with E-state index in [0.717, 1.165) is 44.1 Å². The van der Waals surface area contributed by atoms with Gasteiger partial charge in [-0.05, 0) is 49.7 Å². The molecule has 1 fully saturated rings. The number of aromatic hydroxyl groups is 1. The van der Waals surface area contributed by atoms with Crippen LogP contribution in [0.4, 0.5) is 0 Å².